The fourth-order valence-electron chi connectivity index (χ4n) is 3.46. The van der Waals surface area contributed by atoms with Crippen LogP contribution in [0.2, 0.25) is 0 Å². The van der Waals surface area contributed by atoms with Gasteiger partial charge in [0.1, 0.15) is 12.9 Å². The lowest BCUT2D eigenvalue weighted by molar-refractivity contribution is -0.123. The molecule has 2 aromatic heterocycles. The Kier molecular flexibility index (Phi) is 4.86. The predicted octanol–water partition coefficient (Wildman–Crippen LogP) is 1.01. The minimum Gasteiger partial charge on any atom is -0.351 e. The third-order valence-electron chi connectivity index (χ3n) is 4.94. The molecule has 1 N–H and O–H groups in total. The van der Waals surface area contributed by atoms with Gasteiger partial charge in [0.25, 0.3) is 0 Å². The Morgan fingerprint density at radius 1 is 1.22 bits per heavy atom. The maximum absolute atomic E-state index is 12.4. The van der Waals surface area contributed by atoms with Gasteiger partial charge in [0.05, 0.1) is 5.69 Å². The molecule has 1 amide bonds. The van der Waals surface area contributed by atoms with Gasteiger partial charge in [0.15, 0.2) is 0 Å². The number of hydrogen-bond donors (Lipinski definition) is 1. The van der Waals surface area contributed by atoms with Crippen molar-refractivity contribution in [3.8, 4) is 17.1 Å². The van der Waals surface area contributed by atoms with Crippen LogP contribution in [-0.4, -0.2) is 52.4 Å². The highest BCUT2D eigenvalue weighted by molar-refractivity contribution is 5.76. The summed E-state index contributed by atoms with van der Waals surface area (Å²) < 4.78 is 1.53. The molecule has 3 aromatic rings. The normalized spacial score (nSPS) is 19.7. The summed E-state index contributed by atoms with van der Waals surface area (Å²) in [6.07, 6.45) is 6.09. The Morgan fingerprint density at radius 2 is 2.07 bits per heavy atom. The van der Waals surface area contributed by atoms with Crippen LogP contribution in [0.25, 0.3) is 17.1 Å². The number of hydrogen-bond acceptors (Lipinski definition) is 7. The Labute approximate surface area is 156 Å². The van der Waals surface area contributed by atoms with Crippen LogP contribution in [-0.2, 0) is 11.3 Å². The fraction of sp³-hybridized carbons (Fsp3) is 0.471. The van der Waals surface area contributed by atoms with Gasteiger partial charge in [-0.25, -0.2) is 0 Å². The van der Waals surface area contributed by atoms with E-state index in [0.29, 0.717) is 11.7 Å². The first-order chi connectivity index (χ1) is 13.2. The molecule has 0 saturated heterocycles. The van der Waals surface area contributed by atoms with Crippen LogP contribution in [0.15, 0.2) is 30.6 Å². The van der Waals surface area contributed by atoms with Crippen LogP contribution >= 0.6 is 0 Å². The molecular weight excluding hydrogens is 346 g/mol. The molecular formula is C17H21N9O. The molecule has 1 aliphatic carbocycles. The SMILES string of the molecule is C[C@@H]1CCCC[C@H]1NC(=O)Cn1nnc(-c2ccccc2-n2cnnn2)n1. The first-order valence-corrected chi connectivity index (χ1v) is 9.10. The number of aromatic nitrogens is 8. The van der Waals surface area contributed by atoms with Crippen LogP contribution < -0.4 is 5.32 Å². The van der Waals surface area contributed by atoms with Crippen molar-refractivity contribution in [1.82, 2.24) is 45.7 Å². The van der Waals surface area contributed by atoms with Crippen LogP contribution in [0.4, 0.5) is 0 Å². The standard InChI is InChI=1S/C17H21N9O/c1-12-6-2-4-8-14(12)19-16(27)10-26-21-17(20-23-26)13-7-3-5-9-15(13)25-11-18-22-24-25/h3,5,7,9,11-12,14H,2,4,6,8,10H2,1H3,(H,19,27)/t12-,14-/m1/s1. The number of nitrogens with zero attached hydrogens (tertiary/aromatic N) is 8. The molecule has 1 saturated carbocycles. The largest absolute Gasteiger partial charge is 0.351 e. The Hall–Kier alpha value is -3.17. The first-order valence-electron chi connectivity index (χ1n) is 9.10. The molecule has 1 fully saturated rings. The number of carbonyl (C=O) groups excluding carboxylic acids is 1. The van der Waals surface area contributed by atoms with Crippen molar-refractivity contribution in [1.29, 1.82) is 0 Å². The zero-order chi connectivity index (χ0) is 18.6. The lowest BCUT2D eigenvalue weighted by atomic mass is 9.86. The van der Waals surface area contributed by atoms with Crippen LogP contribution in [0.3, 0.4) is 0 Å². The van der Waals surface area contributed by atoms with E-state index in [1.54, 1.807) is 0 Å². The monoisotopic (exact) mass is 367 g/mol. The molecule has 1 aliphatic rings. The van der Waals surface area contributed by atoms with E-state index >= 15 is 0 Å². The molecule has 0 bridgehead atoms. The average Bonchev–Trinajstić information content (AvgIpc) is 3.36. The number of rotatable bonds is 5. The highest BCUT2D eigenvalue weighted by Crippen LogP contribution is 2.24. The Balaban J connectivity index is 1.47. The summed E-state index contributed by atoms with van der Waals surface area (Å²) in [5.41, 5.74) is 1.47. The number of tetrazole rings is 2. The second-order valence-corrected chi connectivity index (χ2v) is 6.85. The smallest absolute Gasteiger partial charge is 0.243 e. The maximum atomic E-state index is 12.4. The Bertz CT molecular complexity index is 905. The third kappa shape index (κ3) is 3.83. The van der Waals surface area contributed by atoms with Gasteiger partial charge >= 0.3 is 0 Å². The molecule has 140 valence electrons. The molecule has 2 heterocycles. The van der Waals surface area contributed by atoms with Crippen LogP contribution in [0.5, 0.6) is 0 Å². The second kappa shape index (κ2) is 7.60. The van der Waals surface area contributed by atoms with Gasteiger partial charge in [-0.3, -0.25) is 4.79 Å². The zero-order valence-electron chi connectivity index (χ0n) is 15.1. The lowest BCUT2D eigenvalue weighted by Crippen LogP contribution is -2.42. The summed E-state index contributed by atoms with van der Waals surface area (Å²) in [5, 5.41) is 26.8. The van der Waals surface area contributed by atoms with E-state index in [2.05, 4.69) is 43.2 Å². The van der Waals surface area contributed by atoms with Gasteiger partial charge in [-0.05, 0) is 46.5 Å². The van der Waals surface area contributed by atoms with Crippen molar-refractivity contribution in [2.45, 2.75) is 45.2 Å². The minimum atomic E-state index is -0.0912. The minimum absolute atomic E-state index is 0.0449. The fourth-order valence-corrected chi connectivity index (χ4v) is 3.46. The van der Waals surface area contributed by atoms with Crippen molar-refractivity contribution >= 4 is 5.91 Å². The van der Waals surface area contributed by atoms with Crippen molar-refractivity contribution in [3.63, 3.8) is 0 Å². The predicted molar refractivity (Wildman–Crippen MR) is 95.5 cm³/mol. The first kappa shape index (κ1) is 17.3. The summed E-state index contributed by atoms with van der Waals surface area (Å²) in [7, 11) is 0. The summed E-state index contributed by atoms with van der Waals surface area (Å²) in [6, 6.07) is 7.71. The number of nitrogens with one attached hydrogen (secondary N) is 1. The second-order valence-electron chi connectivity index (χ2n) is 6.85. The maximum Gasteiger partial charge on any atom is 0.243 e. The zero-order valence-corrected chi connectivity index (χ0v) is 15.1. The molecule has 2 atom stereocenters. The molecule has 0 aliphatic heterocycles. The van der Waals surface area contributed by atoms with Crippen LogP contribution in [0.1, 0.15) is 32.6 Å². The average molecular weight is 367 g/mol. The third-order valence-corrected chi connectivity index (χ3v) is 4.94. The van der Waals surface area contributed by atoms with Crippen LogP contribution in [0, 0.1) is 5.92 Å². The number of carbonyl (C=O) groups is 1. The van der Waals surface area contributed by atoms with E-state index in [0.717, 1.165) is 30.5 Å². The summed E-state index contributed by atoms with van der Waals surface area (Å²) in [6.45, 7) is 2.23. The molecule has 0 unspecified atom stereocenters. The molecule has 0 radical (unpaired) electrons. The number of benzene rings is 1. The quantitative estimate of drug-likeness (QED) is 0.715. The van der Waals surface area contributed by atoms with Gasteiger partial charge in [0.2, 0.25) is 11.7 Å². The highest BCUT2D eigenvalue weighted by atomic mass is 16.2. The van der Waals surface area contributed by atoms with E-state index in [9.17, 15) is 4.79 Å². The van der Waals surface area contributed by atoms with E-state index < -0.39 is 0 Å². The molecule has 1 aromatic carbocycles. The summed E-state index contributed by atoms with van der Waals surface area (Å²) in [4.78, 5) is 13.7. The molecule has 10 heteroatoms. The Morgan fingerprint density at radius 3 is 2.89 bits per heavy atom. The molecule has 4 rings (SSSR count). The van der Waals surface area contributed by atoms with Gasteiger partial charge < -0.3 is 5.32 Å². The van der Waals surface area contributed by atoms with Crippen molar-refractivity contribution in [3.05, 3.63) is 30.6 Å². The van der Waals surface area contributed by atoms with Gasteiger partial charge in [-0.1, -0.05) is 31.9 Å². The van der Waals surface area contributed by atoms with Crippen molar-refractivity contribution < 1.29 is 4.79 Å². The molecule has 27 heavy (non-hydrogen) atoms. The van der Waals surface area contributed by atoms with E-state index in [1.807, 2.05) is 24.3 Å². The lowest BCUT2D eigenvalue weighted by Gasteiger charge is -2.29. The summed E-state index contributed by atoms with van der Waals surface area (Å²) in [5.74, 6) is 0.830. The van der Waals surface area contributed by atoms with E-state index in [-0.39, 0.29) is 18.5 Å². The van der Waals surface area contributed by atoms with Gasteiger partial charge in [0, 0.05) is 11.6 Å². The van der Waals surface area contributed by atoms with Crippen molar-refractivity contribution in [2.24, 2.45) is 5.92 Å². The topological polar surface area (TPSA) is 116 Å². The summed E-state index contributed by atoms with van der Waals surface area (Å²) >= 11 is 0. The highest BCUT2D eigenvalue weighted by Gasteiger charge is 2.23. The molecule has 0 spiro atoms. The van der Waals surface area contributed by atoms with E-state index in [1.165, 1.54) is 22.2 Å². The van der Waals surface area contributed by atoms with Crippen molar-refractivity contribution in [2.75, 3.05) is 0 Å². The van der Waals surface area contributed by atoms with E-state index in [4.69, 9.17) is 0 Å². The van der Waals surface area contributed by atoms with Gasteiger partial charge in [-0.2, -0.15) is 9.48 Å². The molecule has 10 nitrogen and oxygen atoms in total. The number of para-hydroxylation sites is 1. The number of amides is 1. The van der Waals surface area contributed by atoms with Gasteiger partial charge in [-0.15, -0.1) is 15.3 Å².